The minimum absolute atomic E-state index is 0.157. The molecule has 21 heavy (non-hydrogen) atoms. The molecule has 0 heterocycles. The van der Waals surface area contributed by atoms with Crippen molar-refractivity contribution in [2.24, 2.45) is 0 Å². The van der Waals surface area contributed by atoms with Crippen LogP contribution in [-0.2, 0) is 13.0 Å². The Morgan fingerprint density at radius 1 is 1.10 bits per heavy atom. The van der Waals surface area contributed by atoms with Crippen LogP contribution in [0.4, 0.5) is 5.69 Å². The minimum Gasteiger partial charge on any atom is -0.305 e. The SMILES string of the molecule is CN(C)Cc1ccccc1Cc1ccc(Br)cc1[N+](=O)[O-]. The van der Waals surface area contributed by atoms with Gasteiger partial charge in [-0.05, 0) is 31.3 Å². The summed E-state index contributed by atoms with van der Waals surface area (Å²) in [4.78, 5) is 13.0. The second-order valence-electron chi connectivity index (χ2n) is 5.21. The number of hydrogen-bond donors (Lipinski definition) is 0. The Labute approximate surface area is 132 Å². The number of rotatable bonds is 5. The van der Waals surface area contributed by atoms with E-state index in [0.29, 0.717) is 6.42 Å². The second-order valence-corrected chi connectivity index (χ2v) is 6.13. The lowest BCUT2D eigenvalue weighted by Crippen LogP contribution is -2.12. The summed E-state index contributed by atoms with van der Waals surface area (Å²) in [6.45, 7) is 0.820. The first kappa shape index (κ1) is 15.7. The summed E-state index contributed by atoms with van der Waals surface area (Å²) in [5.74, 6) is 0. The maximum Gasteiger partial charge on any atom is 0.274 e. The summed E-state index contributed by atoms with van der Waals surface area (Å²) < 4.78 is 0.722. The lowest BCUT2D eigenvalue weighted by atomic mass is 9.98. The van der Waals surface area contributed by atoms with Gasteiger partial charge in [-0.3, -0.25) is 10.1 Å². The highest BCUT2D eigenvalue weighted by Gasteiger charge is 2.15. The Kier molecular flexibility index (Phi) is 5.09. The van der Waals surface area contributed by atoms with E-state index in [1.807, 2.05) is 44.4 Å². The predicted octanol–water partition coefficient (Wildman–Crippen LogP) is 4.01. The van der Waals surface area contributed by atoms with E-state index >= 15 is 0 Å². The second kappa shape index (κ2) is 6.83. The number of nitro benzene ring substituents is 1. The van der Waals surface area contributed by atoms with Crippen LogP contribution in [0.3, 0.4) is 0 Å². The Balaban J connectivity index is 2.37. The van der Waals surface area contributed by atoms with Crippen LogP contribution in [0.2, 0.25) is 0 Å². The van der Waals surface area contributed by atoms with E-state index in [2.05, 4.69) is 26.9 Å². The third kappa shape index (κ3) is 4.12. The molecule has 0 N–H and O–H groups in total. The van der Waals surface area contributed by atoms with Gasteiger partial charge in [0.05, 0.1) is 4.92 Å². The van der Waals surface area contributed by atoms with E-state index in [4.69, 9.17) is 0 Å². The lowest BCUT2D eigenvalue weighted by Gasteiger charge is -2.14. The van der Waals surface area contributed by atoms with Crippen molar-refractivity contribution in [1.82, 2.24) is 4.90 Å². The van der Waals surface area contributed by atoms with Gasteiger partial charge in [0.1, 0.15) is 0 Å². The first-order valence-corrected chi connectivity index (χ1v) is 7.41. The van der Waals surface area contributed by atoms with Gasteiger partial charge in [-0.2, -0.15) is 0 Å². The molecule has 0 saturated carbocycles. The number of nitro groups is 1. The zero-order chi connectivity index (χ0) is 15.4. The molecule has 2 aromatic rings. The van der Waals surface area contributed by atoms with Gasteiger partial charge >= 0.3 is 0 Å². The molecule has 0 radical (unpaired) electrons. The monoisotopic (exact) mass is 348 g/mol. The van der Waals surface area contributed by atoms with Crippen molar-refractivity contribution < 1.29 is 4.92 Å². The van der Waals surface area contributed by atoms with Gasteiger partial charge in [0.25, 0.3) is 5.69 Å². The number of nitrogens with zero attached hydrogens (tertiary/aromatic N) is 2. The van der Waals surface area contributed by atoms with E-state index in [-0.39, 0.29) is 10.6 Å². The highest BCUT2D eigenvalue weighted by atomic mass is 79.9. The Morgan fingerprint density at radius 3 is 2.38 bits per heavy atom. The third-order valence-electron chi connectivity index (χ3n) is 3.23. The molecule has 0 aliphatic carbocycles. The molecule has 0 unspecified atom stereocenters. The van der Waals surface area contributed by atoms with Crippen molar-refractivity contribution in [3.05, 3.63) is 73.7 Å². The molecule has 2 aromatic carbocycles. The third-order valence-corrected chi connectivity index (χ3v) is 3.72. The van der Waals surface area contributed by atoms with Crippen molar-refractivity contribution in [3.8, 4) is 0 Å². The molecular formula is C16H17BrN2O2. The summed E-state index contributed by atoms with van der Waals surface area (Å²) in [6, 6.07) is 13.3. The van der Waals surface area contributed by atoms with E-state index in [0.717, 1.165) is 22.1 Å². The molecule has 0 bridgehead atoms. The fraction of sp³-hybridized carbons (Fsp3) is 0.250. The minimum atomic E-state index is -0.325. The van der Waals surface area contributed by atoms with Crippen LogP contribution in [0.25, 0.3) is 0 Å². The van der Waals surface area contributed by atoms with Crippen LogP contribution in [-0.4, -0.2) is 23.9 Å². The van der Waals surface area contributed by atoms with E-state index in [1.165, 1.54) is 5.56 Å². The van der Waals surface area contributed by atoms with Crippen molar-refractivity contribution in [2.75, 3.05) is 14.1 Å². The summed E-state index contributed by atoms with van der Waals surface area (Å²) in [5.41, 5.74) is 3.20. The normalized spacial score (nSPS) is 10.9. The van der Waals surface area contributed by atoms with E-state index < -0.39 is 0 Å². The van der Waals surface area contributed by atoms with Crippen LogP contribution >= 0.6 is 15.9 Å². The number of halogens is 1. The van der Waals surface area contributed by atoms with Crippen molar-refractivity contribution in [2.45, 2.75) is 13.0 Å². The van der Waals surface area contributed by atoms with Crippen molar-refractivity contribution in [1.29, 1.82) is 0 Å². The molecule has 0 aromatic heterocycles. The molecule has 2 rings (SSSR count). The van der Waals surface area contributed by atoms with Gasteiger partial charge < -0.3 is 4.90 Å². The zero-order valence-electron chi connectivity index (χ0n) is 12.0. The van der Waals surface area contributed by atoms with Crippen LogP contribution in [0, 0.1) is 10.1 Å². The first-order valence-electron chi connectivity index (χ1n) is 6.61. The predicted molar refractivity (Wildman–Crippen MR) is 87.4 cm³/mol. The smallest absolute Gasteiger partial charge is 0.274 e. The Hall–Kier alpha value is -1.72. The molecule has 0 amide bonds. The van der Waals surface area contributed by atoms with Gasteiger partial charge in [-0.25, -0.2) is 0 Å². The largest absolute Gasteiger partial charge is 0.305 e. The molecule has 0 aliphatic rings. The topological polar surface area (TPSA) is 46.4 Å². The molecule has 0 fully saturated rings. The van der Waals surface area contributed by atoms with Crippen LogP contribution in [0.1, 0.15) is 16.7 Å². The summed E-state index contributed by atoms with van der Waals surface area (Å²) in [5, 5.41) is 11.2. The van der Waals surface area contributed by atoms with Gasteiger partial charge in [-0.1, -0.05) is 46.3 Å². The molecule has 4 nitrogen and oxygen atoms in total. The van der Waals surface area contributed by atoms with E-state index in [9.17, 15) is 10.1 Å². The quantitative estimate of drug-likeness (QED) is 0.605. The Bertz CT molecular complexity index is 656. The maximum atomic E-state index is 11.2. The average molecular weight is 349 g/mol. The lowest BCUT2D eigenvalue weighted by molar-refractivity contribution is -0.385. The summed E-state index contributed by atoms with van der Waals surface area (Å²) in [6.07, 6.45) is 0.563. The van der Waals surface area contributed by atoms with E-state index in [1.54, 1.807) is 6.07 Å². The molecule has 0 aliphatic heterocycles. The van der Waals surface area contributed by atoms with Crippen molar-refractivity contribution in [3.63, 3.8) is 0 Å². The van der Waals surface area contributed by atoms with Gasteiger partial charge in [0.15, 0.2) is 0 Å². The Morgan fingerprint density at radius 2 is 1.76 bits per heavy atom. The summed E-state index contributed by atoms with van der Waals surface area (Å²) in [7, 11) is 4.03. The van der Waals surface area contributed by atoms with Gasteiger partial charge in [-0.15, -0.1) is 0 Å². The molecular weight excluding hydrogens is 332 g/mol. The highest BCUT2D eigenvalue weighted by Crippen LogP contribution is 2.26. The molecule has 5 heteroatoms. The van der Waals surface area contributed by atoms with Crippen LogP contribution < -0.4 is 0 Å². The zero-order valence-corrected chi connectivity index (χ0v) is 13.6. The number of hydrogen-bond acceptors (Lipinski definition) is 3. The standard InChI is InChI=1S/C16H17BrN2O2/c1-18(2)11-14-6-4-3-5-12(14)9-13-7-8-15(17)10-16(13)19(20)21/h3-8,10H,9,11H2,1-2H3. The average Bonchev–Trinajstić information content (AvgIpc) is 2.42. The number of benzene rings is 2. The van der Waals surface area contributed by atoms with Crippen LogP contribution in [0.15, 0.2) is 46.9 Å². The first-order chi connectivity index (χ1) is 9.97. The molecule has 0 atom stereocenters. The fourth-order valence-corrected chi connectivity index (χ4v) is 2.64. The molecule has 0 spiro atoms. The fourth-order valence-electron chi connectivity index (χ4n) is 2.29. The molecule has 0 saturated heterocycles. The highest BCUT2D eigenvalue weighted by molar-refractivity contribution is 9.10. The maximum absolute atomic E-state index is 11.2. The van der Waals surface area contributed by atoms with Gasteiger partial charge in [0.2, 0.25) is 0 Å². The van der Waals surface area contributed by atoms with Gasteiger partial charge in [0, 0.05) is 29.1 Å². The molecule has 110 valence electrons. The van der Waals surface area contributed by atoms with Crippen molar-refractivity contribution >= 4 is 21.6 Å². The van der Waals surface area contributed by atoms with Crippen LogP contribution in [0.5, 0.6) is 0 Å². The summed E-state index contributed by atoms with van der Waals surface area (Å²) >= 11 is 3.29.